The minimum absolute atomic E-state index is 0. The molecule has 8 aromatic rings. The average Bonchev–Trinajstić information content (AvgIpc) is 3.74. The van der Waals surface area contributed by atoms with Crippen molar-refractivity contribution in [1.29, 1.82) is 0 Å². The topological polar surface area (TPSA) is 93.4 Å². The molecule has 0 amide bonds. The Morgan fingerprint density at radius 1 is 0.580 bits per heavy atom. The summed E-state index contributed by atoms with van der Waals surface area (Å²) in [5.74, 6) is 3.22. The molecule has 50 heavy (non-hydrogen) atoms. The molecule has 0 fully saturated rings. The van der Waals surface area contributed by atoms with Crippen LogP contribution in [0.5, 0.6) is 34.6 Å². The summed E-state index contributed by atoms with van der Waals surface area (Å²) in [6.07, 6.45) is 5.10. The monoisotopic (exact) mass is 924 g/mol. The third-order valence-corrected chi connectivity index (χ3v) is 7.71. The zero-order chi connectivity index (χ0) is 31.9. The summed E-state index contributed by atoms with van der Waals surface area (Å²) >= 11 is 0. The van der Waals surface area contributed by atoms with Gasteiger partial charge >= 0.3 is 41.5 Å². The summed E-state index contributed by atoms with van der Waals surface area (Å²) in [5, 5.41) is 1.80. The number of aromatic nitrogens is 5. The molecule has 9 rings (SSSR count). The molecule has 0 unspecified atom stereocenters. The molecule has 5 heterocycles. The van der Waals surface area contributed by atoms with E-state index in [1.807, 2.05) is 102 Å². The van der Waals surface area contributed by atoms with E-state index in [1.54, 1.807) is 18.6 Å². The fourth-order valence-electron chi connectivity index (χ4n) is 5.55. The van der Waals surface area contributed by atoms with Crippen LogP contribution in [-0.4, -0.2) is 31.3 Å². The van der Waals surface area contributed by atoms with Crippen LogP contribution in [0.15, 0.2) is 116 Å². The predicted octanol–water partition coefficient (Wildman–Crippen LogP) is 8.21. The molecule has 4 aromatic heterocycles. The van der Waals surface area contributed by atoms with Gasteiger partial charge in [-0.1, -0.05) is 47.4 Å². The Labute approximate surface area is 314 Å². The second-order valence-electron chi connectivity index (χ2n) is 10.7. The summed E-state index contributed by atoms with van der Waals surface area (Å²) in [6.45, 7) is 0.0804. The summed E-state index contributed by atoms with van der Waals surface area (Å²) < 4.78 is 25.5. The average molecular weight is 925 g/mol. The van der Waals surface area contributed by atoms with Crippen molar-refractivity contribution in [2.24, 2.45) is 0 Å². The van der Waals surface area contributed by atoms with Crippen LogP contribution in [0.4, 0.5) is 0 Å². The van der Waals surface area contributed by atoms with Crippen molar-refractivity contribution in [3.63, 3.8) is 0 Å². The molecule has 0 spiro atoms. The Morgan fingerprint density at radius 2 is 1.14 bits per heavy atom. The number of rotatable bonds is 7. The number of pyridine rings is 2. The second-order valence-corrected chi connectivity index (χ2v) is 10.7. The van der Waals surface area contributed by atoms with Crippen LogP contribution in [0.25, 0.3) is 50.3 Å². The first-order valence-corrected chi connectivity index (χ1v) is 15.0. The van der Waals surface area contributed by atoms with E-state index in [-0.39, 0.29) is 48.3 Å². The molecule has 0 aliphatic carbocycles. The number of nitrogens with zero attached hydrogens (tertiary/aromatic N) is 5. The number of ether oxygens (including phenoxy) is 4. The standard InChI is InChI=1S/C39H21N5O4.Pd.Pt/c1-3-17-40-33(11-1)25-7-5-9-27(19-25)47-29-13-15-31-32-16-14-30(48-28-10-6-8-26(20-28)34-12-2-4-18-41-34)22-36(32)44(35(31)21-29)39-42-23-37-38(43-39)46-24-45-37;;/h1-18,23H,24H2;;/q-4;2*+2. The van der Waals surface area contributed by atoms with Gasteiger partial charge in [-0.3, -0.25) is 0 Å². The van der Waals surface area contributed by atoms with Crippen molar-refractivity contribution >= 4 is 21.8 Å². The van der Waals surface area contributed by atoms with Gasteiger partial charge in [0, 0.05) is 35.4 Å². The zero-order valence-corrected chi connectivity index (χ0v) is 29.5. The van der Waals surface area contributed by atoms with Gasteiger partial charge < -0.3 is 33.5 Å². The summed E-state index contributed by atoms with van der Waals surface area (Å²) in [7, 11) is 0. The summed E-state index contributed by atoms with van der Waals surface area (Å²) in [6, 6.07) is 44.1. The van der Waals surface area contributed by atoms with E-state index in [4.69, 9.17) is 18.9 Å². The van der Waals surface area contributed by atoms with Gasteiger partial charge in [0.1, 0.15) is 0 Å². The minimum atomic E-state index is 0. The SMILES string of the molecule is [Pd+2].[Pt+2].[c-]1c(Oc2[c-]c3c(cc2)c2ccc(Oc4[c-]c(-c5ccccn5)ccc4)[c-]c2n3-c2ncc3c(n2)OCO3)cccc1-c1ccccn1. The van der Waals surface area contributed by atoms with E-state index in [0.29, 0.717) is 51.6 Å². The molecular formula is C39H21N5O4PdPt. The molecule has 246 valence electrons. The maximum absolute atomic E-state index is 6.28. The van der Waals surface area contributed by atoms with Gasteiger partial charge in [-0.05, 0) is 23.5 Å². The van der Waals surface area contributed by atoms with Gasteiger partial charge in [-0.15, -0.1) is 71.8 Å². The Morgan fingerprint density at radius 3 is 1.68 bits per heavy atom. The first-order valence-electron chi connectivity index (χ1n) is 15.0. The van der Waals surface area contributed by atoms with Crippen molar-refractivity contribution in [2.75, 3.05) is 6.79 Å². The molecule has 1 aliphatic heterocycles. The molecule has 0 saturated carbocycles. The van der Waals surface area contributed by atoms with E-state index >= 15 is 0 Å². The van der Waals surface area contributed by atoms with Crippen LogP contribution in [0.2, 0.25) is 0 Å². The Kier molecular flexibility index (Phi) is 9.42. The maximum Gasteiger partial charge on any atom is 2.00 e. The molecule has 0 N–H and O–H groups in total. The first-order chi connectivity index (χ1) is 23.7. The van der Waals surface area contributed by atoms with Gasteiger partial charge in [-0.2, -0.15) is 27.9 Å². The first kappa shape index (κ1) is 33.1. The molecule has 0 atom stereocenters. The fraction of sp³-hybridized carbons (Fsp3) is 0.0256. The summed E-state index contributed by atoms with van der Waals surface area (Å²) in [5.41, 5.74) is 4.61. The fourth-order valence-corrected chi connectivity index (χ4v) is 5.55. The Hall–Kier alpha value is -5.39. The van der Waals surface area contributed by atoms with E-state index < -0.39 is 0 Å². The van der Waals surface area contributed by atoms with Crippen LogP contribution in [-0.2, 0) is 41.5 Å². The van der Waals surface area contributed by atoms with Gasteiger partial charge in [-0.25, -0.2) is 4.98 Å². The van der Waals surface area contributed by atoms with Crippen LogP contribution in [0.1, 0.15) is 0 Å². The van der Waals surface area contributed by atoms with Crippen LogP contribution >= 0.6 is 0 Å². The molecule has 0 bridgehead atoms. The second kappa shape index (κ2) is 14.2. The third-order valence-electron chi connectivity index (χ3n) is 7.71. The van der Waals surface area contributed by atoms with E-state index in [2.05, 4.69) is 44.2 Å². The van der Waals surface area contributed by atoms with Crippen molar-refractivity contribution in [3.05, 3.63) is 140 Å². The quantitative estimate of drug-likeness (QED) is 0.117. The molecule has 0 radical (unpaired) electrons. The molecule has 0 saturated heterocycles. The van der Waals surface area contributed by atoms with Gasteiger partial charge in [0.05, 0.1) is 6.20 Å². The Balaban J connectivity index is 0.00000196. The molecule has 9 nitrogen and oxygen atoms in total. The van der Waals surface area contributed by atoms with Crippen LogP contribution < -0.4 is 18.9 Å². The molecular weight excluding hydrogens is 904 g/mol. The number of benzene rings is 4. The van der Waals surface area contributed by atoms with Crippen molar-refractivity contribution in [2.45, 2.75) is 0 Å². The van der Waals surface area contributed by atoms with Crippen LogP contribution in [0, 0.1) is 24.3 Å². The molecule has 1 aliphatic rings. The normalized spacial score (nSPS) is 11.5. The smallest absolute Gasteiger partial charge is 0.503 e. The van der Waals surface area contributed by atoms with Gasteiger partial charge in [0.15, 0.2) is 0 Å². The van der Waals surface area contributed by atoms with Crippen molar-refractivity contribution in [3.8, 4) is 63.1 Å². The van der Waals surface area contributed by atoms with E-state index in [1.165, 1.54) is 0 Å². The van der Waals surface area contributed by atoms with Gasteiger partial charge in [0.2, 0.25) is 18.5 Å². The largest absolute Gasteiger partial charge is 2.00 e. The van der Waals surface area contributed by atoms with E-state index in [9.17, 15) is 0 Å². The molecule has 11 heteroatoms. The predicted molar refractivity (Wildman–Crippen MR) is 177 cm³/mol. The van der Waals surface area contributed by atoms with E-state index in [0.717, 1.165) is 33.3 Å². The molecule has 4 aromatic carbocycles. The maximum atomic E-state index is 6.28. The Bertz CT molecular complexity index is 2320. The number of hydrogen-bond acceptors (Lipinski definition) is 8. The van der Waals surface area contributed by atoms with Crippen LogP contribution in [0.3, 0.4) is 0 Å². The summed E-state index contributed by atoms with van der Waals surface area (Å²) in [4.78, 5) is 18.1. The zero-order valence-electron chi connectivity index (χ0n) is 25.7. The van der Waals surface area contributed by atoms with Crippen molar-refractivity contribution in [1.82, 2.24) is 24.5 Å². The third kappa shape index (κ3) is 6.37. The number of hydrogen-bond donors (Lipinski definition) is 0. The number of fused-ring (bicyclic) bond motifs is 4. The minimum Gasteiger partial charge on any atom is -0.503 e. The van der Waals surface area contributed by atoms with Crippen molar-refractivity contribution < 1.29 is 60.4 Å². The van der Waals surface area contributed by atoms with Gasteiger partial charge in [0.25, 0.3) is 5.88 Å².